The van der Waals surface area contributed by atoms with E-state index in [0.717, 1.165) is 44.2 Å². The lowest BCUT2D eigenvalue weighted by Crippen LogP contribution is -2.38. The monoisotopic (exact) mass is 293 g/mol. The molecule has 1 aliphatic rings. The second kappa shape index (κ2) is 8.16. The van der Waals surface area contributed by atoms with E-state index in [0.29, 0.717) is 12.5 Å². The fraction of sp³-hybridized carbons (Fsp3) is 0.500. The maximum absolute atomic E-state index is 5.86. The van der Waals surface area contributed by atoms with Crippen LogP contribution in [-0.4, -0.2) is 50.2 Å². The number of ether oxygens (including phenoxy) is 2. The van der Waals surface area contributed by atoms with Crippen molar-refractivity contribution in [2.24, 2.45) is 0 Å². The molecular weight excluding hydrogens is 274 g/mol. The Bertz CT molecular complexity index is 487. The van der Waals surface area contributed by atoms with Crippen LogP contribution in [0.5, 0.6) is 5.75 Å². The molecule has 0 amide bonds. The lowest BCUT2D eigenvalue weighted by Gasteiger charge is -2.26. The zero-order valence-electron chi connectivity index (χ0n) is 11.8. The number of morpholine rings is 1. The van der Waals surface area contributed by atoms with Gasteiger partial charge in [0.05, 0.1) is 24.7 Å². The van der Waals surface area contributed by atoms with Crippen LogP contribution in [0.1, 0.15) is 11.1 Å². The van der Waals surface area contributed by atoms with E-state index in [2.05, 4.69) is 16.7 Å². The van der Waals surface area contributed by atoms with Crippen molar-refractivity contribution in [3.8, 4) is 17.6 Å². The van der Waals surface area contributed by atoms with Gasteiger partial charge in [-0.05, 0) is 24.6 Å². The maximum atomic E-state index is 5.86. The van der Waals surface area contributed by atoms with E-state index in [1.54, 1.807) is 0 Å². The zero-order chi connectivity index (χ0) is 14.2. The largest absolute Gasteiger partial charge is 0.491 e. The number of hydrogen-bond acceptors (Lipinski definition) is 3. The fourth-order valence-electron chi connectivity index (χ4n) is 2.11. The van der Waals surface area contributed by atoms with Crippen LogP contribution in [0.2, 0.25) is 0 Å². The molecule has 1 aromatic rings. The number of aryl methyl sites for hydroxylation is 1. The lowest BCUT2D eigenvalue weighted by atomic mass is 10.1. The van der Waals surface area contributed by atoms with Crippen LogP contribution >= 0.6 is 11.6 Å². The third-order valence-corrected chi connectivity index (χ3v) is 3.33. The summed E-state index contributed by atoms with van der Waals surface area (Å²) in [5.74, 6) is 7.10. The Morgan fingerprint density at radius 1 is 1.35 bits per heavy atom. The summed E-state index contributed by atoms with van der Waals surface area (Å²) >= 11 is 5.62. The summed E-state index contributed by atoms with van der Waals surface area (Å²) in [5.41, 5.74) is 2.08. The van der Waals surface area contributed by atoms with E-state index in [1.807, 2.05) is 25.1 Å². The number of alkyl halides is 1. The van der Waals surface area contributed by atoms with Crippen LogP contribution in [0.3, 0.4) is 0 Å². The first kappa shape index (κ1) is 15.2. The summed E-state index contributed by atoms with van der Waals surface area (Å²) in [5, 5.41) is 0. The summed E-state index contributed by atoms with van der Waals surface area (Å²) in [6.45, 7) is 7.22. The Morgan fingerprint density at radius 2 is 2.15 bits per heavy atom. The van der Waals surface area contributed by atoms with Crippen LogP contribution < -0.4 is 4.74 Å². The van der Waals surface area contributed by atoms with E-state index >= 15 is 0 Å². The van der Waals surface area contributed by atoms with Gasteiger partial charge in [-0.15, -0.1) is 11.6 Å². The minimum Gasteiger partial charge on any atom is -0.491 e. The third kappa shape index (κ3) is 4.72. The van der Waals surface area contributed by atoms with Gasteiger partial charge in [0.2, 0.25) is 0 Å². The van der Waals surface area contributed by atoms with Crippen LogP contribution in [-0.2, 0) is 4.74 Å². The highest BCUT2D eigenvalue weighted by Gasteiger charge is 2.10. The van der Waals surface area contributed by atoms with Crippen LogP contribution in [0.15, 0.2) is 18.2 Å². The van der Waals surface area contributed by atoms with Crippen molar-refractivity contribution >= 4 is 11.6 Å². The van der Waals surface area contributed by atoms with E-state index in [1.165, 1.54) is 5.56 Å². The molecule has 4 heteroatoms. The third-order valence-electron chi connectivity index (χ3n) is 3.19. The van der Waals surface area contributed by atoms with E-state index in [4.69, 9.17) is 21.1 Å². The van der Waals surface area contributed by atoms with Crippen molar-refractivity contribution in [3.63, 3.8) is 0 Å². The topological polar surface area (TPSA) is 21.7 Å². The van der Waals surface area contributed by atoms with Gasteiger partial charge in [-0.25, -0.2) is 0 Å². The van der Waals surface area contributed by atoms with Gasteiger partial charge in [0.25, 0.3) is 0 Å². The van der Waals surface area contributed by atoms with E-state index < -0.39 is 0 Å². The first-order chi connectivity index (χ1) is 9.79. The van der Waals surface area contributed by atoms with Gasteiger partial charge in [-0.1, -0.05) is 17.9 Å². The van der Waals surface area contributed by atoms with Crippen LogP contribution in [0.4, 0.5) is 0 Å². The highest BCUT2D eigenvalue weighted by atomic mass is 35.5. The van der Waals surface area contributed by atoms with Crippen molar-refractivity contribution in [1.29, 1.82) is 0 Å². The number of nitrogens with zero attached hydrogens (tertiary/aromatic N) is 1. The quantitative estimate of drug-likeness (QED) is 0.628. The standard InChI is InChI=1S/C16H20ClNO2/c1-14-4-5-16(15(13-14)3-2-6-17)20-12-9-18-7-10-19-11-8-18/h4-5,13H,6-12H2,1H3. The molecule has 0 unspecified atom stereocenters. The number of hydrogen-bond donors (Lipinski definition) is 0. The Balaban J connectivity index is 1.91. The molecule has 1 fully saturated rings. The molecule has 0 N–H and O–H groups in total. The number of halogens is 1. The molecule has 0 aliphatic carbocycles. The van der Waals surface area contributed by atoms with Crippen molar-refractivity contribution in [1.82, 2.24) is 4.90 Å². The van der Waals surface area contributed by atoms with Gasteiger partial charge in [0.15, 0.2) is 0 Å². The molecule has 0 spiro atoms. The molecule has 1 aromatic carbocycles. The van der Waals surface area contributed by atoms with E-state index in [9.17, 15) is 0 Å². The molecule has 1 saturated heterocycles. The summed E-state index contributed by atoms with van der Waals surface area (Å²) in [6, 6.07) is 6.05. The average Bonchev–Trinajstić information content (AvgIpc) is 2.48. The van der Waals surface area contributed by atoms with Crippen molar-refractivity contribution < 1.29 is 9.47 Å². The zero-order valence-corrected chi connectivity index (χ0v) is 12.6. The van der Waals surface area contributed by atoms with Gasteiger partial charge in [-0.3, -0.25) is 4.90 Å². The predicted octanol–water partition coefficient (Wildman–Crippen LogP) is 2.30. The first-order valence-electron chi connectivity index (χ1n) is 6.88. The summed E-state index contributed by atoms with van der Waals surface area (Å²) < 4.78 is 11.2. The highest BCUT2D eigenvalue weighted by Crippen LogP contribution is 2.19. The van der Waals surface area contributed by atoms with Gasteiger partial charge in [0.1, 0.15) is 12.4 Å². The molecule has 0 saturated carbocycles. The number of rotatable bonds is 4. The Labute approximate surface area is 125 Å². The second-order valence-corrected chi connectivity index (χ2v) is 5.00. The van der Waals surface area contributed by atoms with Crippen LogP contribution in [0.25, 0.3) is 0 Å². The summed E-state index contributed by atoms with van der Waals surface area (Å²) in [4.78, 5) is 2.35. The molecular formula is C16H20ClNO2. The Kier molecular flexibility index (Phi) is 6.20. The van der Waals surface area contributed by atoms with Crippen LogP contribution in [0, 0.1) is 18.8 Å². The molecule has 2 rings (SSSR count). The second-order valence-electron chi connectivity index (χ2n) is 4.74. The summed E-state index contributed by atoms with van der Waals surface area (Å²) in [6.07, 6.45) is 0. The molecule has 0 aromatic heterocycles. The van der Waals surface area contributed by atoms with Gasteiger partial charge in [0, 0.05) is 19.6 Å². The minimum absolute atomic E-state index is 0.334. The van der Waals surface area contributed by atoms with Crippen molar-refractivity contribution in [3.05, 3.63) is 29.3 Å². The van der Waals surface area contributed by atoms with Gasteiger partial charge < -0.3 is 9.47 Å². The fourth-order valence-corrected chi connectivity index (χ4v) is 2.17. The lowest BCUT2D eigenvalue weighted by molar-refractivity contribution is 0.0322. The van der Waals surface area contributed by atoms with Gasteiger partial charge in [-0.2, -0.15) is 0 Å². The molecule has 1 heterocycles. The van der Waals surface area contributed by atoms with Gasteiger partial charge >= 0.3 is 0 Å². The van der Waals surface area contributed by atoms with Crippen molar-refractivity contribution in [2.45, 2.75) is 6.92 Å². The smallest absolute Gasteiger partial charge is 0.134 e. The molecule has 0 atom stereocenters. The molecule has 3 nitrogen and oxygen atoms in total. The SMILES string of the molecule is Cc1ccc(OCCN2CCOCC2)c(C#CCCl)c1. The summed E-state index contributed by atoms with van der Waals surface area (Å²) in [7, 11) is 0. The first-order valence-corrected chi connectivity index (χ1v) is 7.41. The highest BCUT2D eigenvalue weighted by molar-refractivity contribution is 6.19. The molecule has 20 heavy (non-hydrogen) atoms. The number of benzene rings is 1. The molecule has 1 aliphatic heterocycles. The maximum Gasteiger partial charge on any atom is 0.134 e. The molecule has 108 valence electrons. The predicted molar refractivity (Wildman–Crippen MR) is 81.5 cm³/mol. The Morgan fingerprint density at radius 3 is 2.90 bits per heavy atom. The average molecular weight is 294 g/mol. The normalized spacial score (nSPS) is 15.5. The molecule has 0 bridgehead atoms. The molecule has 0 radical (unpaired) electrons. The minimum atomic E-state index is 0.334. The van der Waals surface area contributed by atoms with Crippen molar-refractivity contribution in [2.75, 3.05) is 45.3 Å². The van der Waals surface area contributed by atoms with E-state index in [-0.39, 0.29) is 0 Å². The Hall–Kier alpha value is -1.21.